The van der Waals surface area contributed by atoms with E-state index in [0.717, 1.165) is 101 Å². The maximum Gasteiger partial charge on any atom is 0.339 e. The van der Waals surface area contributed by atoms with Crippen molar-refractivity contribution in [2.45, 2.75) is 130 Å². The van der Waals surface area contributed by atoms with Crippen LogP contribution < -0.4 is 30.2 Å². The average Bonchev–Trinajstić information content (AvgIpc) is 2.69. The highest BCUT2D eigenvalue weighted by atomic mass is 16.4. The molecule has 10 rings (SSSR count). The van der Waals surface area contributed by atoms with Crippen molar-refractivity contribution < 1.29 is 39.6 Å². The average molecular weight is 1200 g/mol. The van der Waals surface area contributed by atoms with Gasteiger partial charge in [-0.1, -0.05) is 67.5 Å². The van der Waals surface area contributed by atoms with Crippen molar-refractivity contribution in [1.29, 1.82) is 0 Å². The molecule has 0 saturated carbocycles. The number of pyridine rings is 4. The Bertz CT molecular complexity index is 3200. The van der Waals surface area contributed by atoms with E-state index in [4.69, 9.17) is 9.97 Å². The van der Waals surface area contributed by atoms with Gasteiger partial charge in [0.2, 0.25) is 0 Å². The lowest BCUT2D eigenvalue weighted by atomic mass is 9.83. The lowest BCUT2D eigenvalue weighted by Gasteiger charge is -2.37. The Morgan fingerprint density at radius 2 is 0.739 bits per heavy atom. The third kappa shape index (κ3) is 15.4. The first kappa shape index (κ1) is 64.3. The molecule has 22 heteroatoms. The van der Waals surface area contributed by atoms with E-state index in [9.17, 15) is 39.6 Å². The summed E-state index contributed by atoms with van der Waals surface area (Å²) in [6, 6.07) is 18.1. The van der Waals surface area contributed by atoms with E-state index >= 15 is 0 Å². The van der Waals surface area contributed by atoms with Crippen LogP contribution in [0.25, 0.3) is 0 Å². The lowest BCUT2D eigenvalue weighted by molar-refractivity contribution is 0.0686. The molecule has 468 valence electrons. The number of piperazine rings is 2. The zero-order valence-electron chi connectivity index (χ0n) is 52.1. The van der Waals surface area contributed by atoms with Crippen molar-refractivity contribution in [1.82, 2.24) is 50.3 Å². The van der Waals surface area contributed by atoms with Crippen molar-refractivity contribution in [2.75, 3.05) is 98.1 Å². The molecule has 6 aromatic rings. The van der Waals surface area contributed by atoms with Gasteiger partial charge in [0.25, 0.3) is 0 Å². The number of carbonyl (C=O) groups is 4. The molecule has 1 aromatic carbocycles. The fraction of sp³-hybridized carbons (Fsp3) is 0.485. The van der Waals surface area contributed by atoms with Crippen LogP contribution in [0.3, 0.4) is 0 Å². The van der Waals surface area contributed by atoms with Gasteiger partial charge in [-0.2, -0.15) is 0 Å². The van der Waals surface area contributed by atoms with Crippen LogP contribution in [0, 0.1) is 0 Å². The second-order valence-electron chi connectivity index (χ2n) is 24.6. The van der Waals surface area contributed by atoms with Crippen LogP contribution in [0.4, 0.5) is 23.3 Å². The van der Waals surface area contributed by atoms with Crippen LogP contribution in [0.15, 0.2) is 85.5 Å². The summed E-state index contributed by atoms with van der Waals surface area (Å²) in [5.41, 5.74) is 10.4. The van der Waals surface area contributed by atoms with Crippen molar-refractivity contribution in [3.63, 3.8) is 0 Å². The quantitative estimate of drug-likeness (QED) is 0.0372. The second kappa shape index (κ2) is 29.2. The molecule has 4 aliphatic rings. The number of nitrogens with zero attached hydrogens (tertiary/aromatic N) is 12. The summed E-state index contributed by atoms with van der Waals surface area (Å²) < 4.78 is 0. The standard InChI is InChI=1S/C34H44N6O4.C32H42N8O4/c1-21(2)29-23(17-37-25-11-15-39(19-25)31-27(33(41)42)7-5-13-35-31)9-10-24(30(29)22(3)4)18-38-26-12-16-40(20-26)32-28(34(43)44)8-6-14-36-32;1-21(2)27-25(19-37-11-15-39(16-12-37)29-23(31(41)42)7-5-9-33-29)36-28(22(3)4)26(35-27)20-38-13-17-40(18-14-38)30-24(32(43)44)8-6-10-34-30/h5-10,13-14,21-22,25-26,37-38H,11-12,15-20H2,1-4H3,(H,41,42)(H,43,44);5-10,21-22H,11-20H2,1-4H3,(H,41,42)(H,43,44)/t25-,26-;/m1./s1. The normalized spacial score (nSPS) is 17.5. The monoisotopic (exact) mass is 1200 g/mol. The summed E-state index contributed by atoms with van der Waals surface area (Å²) in [6.07, 6.45) is 8.44. The SMILES string of the molecule is CC(C)c1c(CN[C@@H]2CCN(c3ncccc3C(=O)O)C2)ccc(CN[C@@H]2CCN(c3ncccc3C(=O)O)C2)c1C(C)C.CC(C)c1nc(CN2CCN(c3ncccc3C(=O)O)CC2)c(C(C)C)nc1CN1CCN(c2ncccc2C(=O)O)CC1. The van der Waals surface area contributed by atoms with E-state index in [1.807, 2.05) is 9.80 Å². The lowest BCUT2D eigenvalue weighted by Crippen LogP contribution is -2.47. The van der Waals surface area contributed by atoms with Crippen LogP contribution in [-0.4, -0.2) is 175 Å². The molecule has 9 heterocycles. The highest BCUT2D eigenvalue weighted by Crippen LogP contribution is 2.34. The Morgan fingerprint density at radius 1 is 0.432 bits per heavy atom. The minimum atomic E-state index is -0.962. The molecular weight excluding hydrogens is 1120 g/mol. The van der Waals surface area contributed by atoms with Crippen molar-refractivity contribution in [3.8, 4) is 0 Å². The summed E-state index contributed by atoms with van der Waals surface area (Å²) in [5, 5.41) is 45.9. The first-order valence-corrected chi connectivity index (χ1v) is 30.9. The van der Waals surface area contributed by atoms with Crippen LogP contribution in [0.5, 0.6) is 0 Å². The van der Waals surface area contributed by atoms with E-state index in [-0.39, 0.29) is 46.2 Å². The Hall–Kier alpha value is -8.18. The van der Waals surface area contributed by atoms with Crippen molar-refractivity contribution in [2.24, 2.45) is 0 Å². The molecule has 0 amide bonds. The maximum atomic E-state index is 11.7. The molecule has 4 aliphatic heterocycles. The van der Waals surface area contributed by atoms with Gasteiger partial charge in [0, 0.05) is 142 Å². The third-order valence-electron chi connectivity index (χ3n) is 17.1. The molecule has 0 aliphatic carbocycles. The van der Waals surface area contributed by atoms with Crippen molar-refractivity contribution in [3.05, 3.63) is 153 Å². The van der Waals surface area contributed by atoms with Gasteiger partial charge in [0.15, 0.2) is 0 Å². The number of benzene rings is 1. The number of carboxylic acid groups (broad SMARTS) is 4. The van der Waals surface area contributed by atoms with E-state index in [2.05, 4.69) is 118 Å². The second-order valence-corrected chi connectivity index (χ2v) is 24.6. The van der Waals surface area contributed by atoms with E-state index in [1.54, 1.807) is 73.3 Å². The first-order valence-electron chi connectivity index (χ1n) is 30.9. The molecule has 4 saturated heterocycles. The predicted molar refractivity (Wildman–Crippen MR) is 340 cm³/mol. The molecule has 0 radical (unpaired) electrons. The van der Waals surface area contributed by atoms with Crippen LogP contribution in [-0.2, 0) is 26.2 Å². The number of hydrogen-bond donors (Lipinski definition) is 6. The molecule has 2 atom stereocenters. The highest BCUT2D eigenvalue weighted by Gasteiger charge is 2.32. The molecule has 0 spiro atoms. The Balaban J connectivity index is 0.000000209. The van der Waals surface area contributed by atoms with Gasteiger partial charge in [-0.15, -0.1) is 0 Å². The topological polar surface area (TPSA) is 270 Å². The van der Waals surface area contributed by atoms with Gasteiger partial charge in [-0.25, -0.2) is 39.1 Å². The molecule has 22 nitrogen and oxygen atoms in total. The Labute approximate surface area is 516 Å². The molecule has 5 aromatic heterocycles. The summed E-state index contributed by atoms with van der Waals surface area (Å²) in [6.45, 7) is 29.4. The van der Waals surface area contributed by atoms with Gasteiger partial charge in [-0.3, -0.25) is 19.8 Å². The Morgan fingerprint density at radius 3 is 1.02 bits per heavy atom. The molecular formula is C66H86N14O8. The number of rotatable bonds is 22. The van der Waals surface area contributed by atoms with Crippen LogP contribution in [0.2, 0.25) is 0 Å². The number of anilines is 4. The summed E-state index contributed by atoms with van der Waals surface area (Å²) in [4.78, 5) is 87.7. The van der Waals surface area contributed by atoms with Gasteiger partial charge in [0.1, 0.15) is 45.5 Å². The highest BCUT2D eigenvalue weighted by molar-refractivity contribution is 5.95. The number of aromatic carboxylic acids is 4. The van der Waals surface area contributed by atoms with Crippen LogP contribution >= 0.6 is 0 Å². The zero-order valence-corrected chi connectivity index (χ0v) is 52.1. The molecule has 88 heavy (non-hydrogen) atoms. The summed E-state index contributed by atoms with van der Waals surface area (Å²) in [7, 11) is 0. The molecule has 0 unspecified atom stereocenters. The summed E-state index contributed by atoms with van der Waals surface area (Å²) in [5.74, 6) is -0.561. The van der Waals surface area contributed by atoms with E-state index in [0.29, 0.717) is 74.4 Å². The van der Waals surface area contributed by atoms with E-state index < -0.39 is 23.9 Å². The van der Waals surface area contributed by atoms with Gasteiger partial charge < -0.3 is 50.7 Å². The van der Waals surface area contributed by atoms with E-state index in [1.165, 1.54) is 22.3 Å². The first-order chi connectivity index (χ1) is 42.3. The number of carboxylic acids is 4. The minimum absolute atomic E-state index is 0.209. The number of aromatic nitrogens is 6. The third-order valence-corrected chi connectivity index (χ3v) is 17.1. The van der Waals surface area contributed by atoms with Gasteiger partial charge in [0.05, 0.1) is 22.8 Å². The smallest absolute Gasteiger partial charge is 0.339 e. The minimum Gasteiger partial charge on any atom is -0.478 e. The fourth-order valence-corrected chi connectivity index (χ4v) is 12.8. The molecule has 6 N–H and O–H groups in total. The Kier molecular flexibility index (Phi) is 21.3. The largest absolute Gasteiger partial charge is 0.478 e. The van der Waals surface area contributed by atoms with Crippen LogP contribution in [0.1, 0.15) is 178 Å². The summed E-state index contributed by atoms with van der Waals surface area (Å²) >= 11 is 0. The maximum absolute atomic E-state index is 11.7. The number of hydrogen-bond acceptors (Lipinski definition) is 18. The zero-order chi connectivity index (χ0) is 62.8. The van der Waals surface area contributed by atoms with Gasteiger partial charge in [-0.05, 0) is 107 Å². The van der Waals surface area contributed by atoms with Gasteiger partial charge >= 0.3 is 23.9 Å². The predicted octanol–water partition coefficient (Wildman–Crippen LogP) is 8.41. The molecule has 4 fully saturated rings. The number of nitrogens with one attached hydrogen (secondary N) is 2. The fourth-order valence-electron chi connectivity index (χ4n) is 12.8. The van der Waals surface area contributed by atoms with Crippen molar-refractivity contribution >= 4 is 47.1 Å². The molecule has 0 bridgehead atoms.